The minimum absolute atomic E-state index is 0.186. The van der Waals surface area contributed by atoms with Crippen LogP contribution in [0.4, 0.5) is 0 Å². The van der Waals surface area contributed by atoms with Gasteiger partial charge in [0.1, 0.15) is 5.01 Å². The highest BCUT2D eigenvalue weighted by Crippen LogP contribution is 2.34. The molecule has 1 heterocycles. The van der Waals surface area contributed by atoms with Crippen LogP contribution in [0.3, 0.4) is 0 Å². The van der Waals surface area contributed by atoms with E-state index in [0.717, 1.165) is 10.9 Å². The number of hydrogen-bond donors (Lipinski definition) is 1. The van der Waals surface area contributed by atoms with Crippen molar-refractivity contribution in [2.24, 2.45) is 0 Å². The molecule has 1 aromatic heterocycles. The summed E-state index contributed by atoms with van der Waals surface area (Å²) in [6, 6.07) is 8.57. The number of halogens is 1. The van der Waals surface area contributed by atoms with Crippen LogP contribution in [0.25, 0.3) is 0 Å². The van der Waals surface area contributed by atoms with Gasteiger partial charge in [0.05, 0.1) is 11.7 Å². The fourth-order valence-electron chi connectivity index (χ4n) is 2.62. The standard InChI is InChI=1S/C15H17BrN2S/c1-17-14(10-6-2-3-7-11(10)16)15-18-12-8-4-5-9-13(12)19-15/h2-3,6-7,14,17H,4-5,8-9H2,1H3. The molecular weight excluding hydrogens is 320 g/mol. The molecule has 1 N–H and O–H groups in total. The van der Waals surface area contributed by atoms with Gasteiger partial charge in [-0.15, -0.1) is 11.3 Å². The van der Waals surface area contributed by atoms with Crippen molar-refractivity contribution >= 4 is 27.3 Å². The minimum Gasteiger partial charge on any atom is -0.307 e. The molecule has 0 radical (unpaired) electrons. The highest BCUT2D eigenvalue weighted by Gasteiger charge is 2.22. The molecule has 1 atom stereocenters. The minimum atomic E-state index is 0.186. The second-order valence-corrected chi connectivity index (χ2v) is 6.84. The Balaban J connectivity index is 1.98. The first kappa shape index (κ1) is 13.3. The molecular formula is C15H17BrN2S. The second-order valence-electron chi connectivity index (χ2n) is 4.87. The molecule has 0 aliphatic heterocycles. The monoisotopic (exact) mass is 336 g/mol. The number of fused-ring (bicyclic) bond motifs is 1. The van der Waals surface area contributed by atoms with Crippen molar-refractivity contribution < 1.29 is 0 Å². The van der Waals surface area contributed by atoms with E-state index in [-0.39, 0.29) is 6.04 Å². The van der Waals surface area contributed by atoms with Crippen LogP contribution in [0.1, 0.15) is 40.0 Å². The molecule has 1 aliphatic rings. The van der Waals surface area contributed by atoms with E-state index in [0.29, 0.717) is 0 Å². The summed E-state index contributed by atoms with van der Waals surface area (Å²) in [5.41, 5.74) is 2.59. The third-order valence-electron chi connectivity index (χ3n) is 3.61. The summed E-state index contributed by atoms with van der Waals surface area (Å²) < 4.78 is 1.14. The van der Waals surface area contributed by atoms with Crippen molar-refractivity contribution in [2.75, 3.05) is 7.05 Å². The number of rotatable bonds is 3. The van der Waals surface area contributed by atoms with Gasteiger partial charge in [-0.2, -0.15) is 0 Å². The van der Waals surface area contributed by atoms with Crippen LogP contribution in [0.15, 0.2) is 28.7 Å². The molecule has 0 saturated heterocycles. The first-order valence-corrected chi connectivity index (χ1v) is 8.30. The molecule has 1 unspecified atom stereocenters. The third-order valence-corrected chi connectivity index (χ3v) is 5.56. The molecule has 100 valence electrons. The lowest BCUT2D eigenvalue weighted by molar-refractivity contribution is 0.660. The second kappa shape index (κ2) is 5.73. The molecule has 2 nitrogen and oxygen atoms in total. The number of nitrogens with one attached hydrogen (secondary N) is 1. The van der Waals surface area contributed by atoms with Crippen LogP contribution in [0.5, 0.6) is 0 Å². The van der Waals surface area contributed by atoms with Gasteiger partial charge in [0, 0.05) is 9.35 Å². The van der Waals surface area contributed by atoms with Crippen LogP contribution >= 0.6 is 27.3 Å². The molecule has 0 amide bonds. The maximum atomic E-state index is 4.87. The normalized spacial score (nSPS) is 16.1. The SMILES string of the molecule is CNC(c1nc2c(s1)CCCC2)c1ccccc1Br. The van der Waals surface area contributed by atoms with Gasteiger partial charge in [-0.1, -0.05) is 34.1 Å². The van der Waals surface area contributed by atoms with Crippen LogP contribution in [0.2, 0.25) is 0 Å². The zero-order valence-electron chi connectivity index (χ0n) is 10.9. The van der Waals surface area contributed by atoms with Crippen molar-refractivity contribution in [3.05, 3.63) is 49.9 Å². The average Bonchev–Trinajstić information content (AvgIpc) is 2.85. The van der Waals surface area contributed by atoms with Crippen molar-refractivity contribution in [1.82, 2.24) is 10.3 Å². The fraction of sp³-hybridized carbons (Fsp3) is 0.400. The van der Waals surface area contributed by atoms with Gasteiger partial charge >= 0.3 is 0 Å². The summed E-state index contributed by atoms with van der Waals surface area (Å²) in [6.45, 7) is 0. The van der Waals surface area contributed by atoms with Crippen molar-refractivity contribution in [2.45, 2.75) is 31.7 Å². The lowest BCUT2D eigenvalue weighted by atomic mass is 10.0. The summed E-state index contributed by atoms with van der Waals surface area (Å²) >= 11 is 5.52. The molecule has 3 rings (SSSR count). The first-order chi connectivity index (χ1) is 9.29. The number of aryl methyl sites for hydroxylation is 2. The first-order valence-electron chi connectivity index (χ1n) is 6.69. The number of thiazole rings is 1. The summed E-state index contributed by atoms with van der Waals surface area (Å²) in [4.78, 5) is 6.37. The largest absolute Gasteiger partial charge is 0.307 e. The predicted molar refractivity (Wildman–Crippen MR) is 83.8 cm³/mol. The zero-order chi connectivity index (χ0) is 13.2. The average molecular weight is 337 g/mol. The highest BCUT2D eigenvalue weighted by atomic mass is 79.9. The smallest absolute Gasteiger partial charge is 0.115 e. The summed E-state index contributed by atoms with van der Waals surface area (Å²) in [5, 5.41) is 4.60. The molecule has 19 heavy (non-hydrogen) atoms. The van der Waals surface area contributed by atoms with E-state index >= 15 is 0 Å². The molecule has 0 bridgehead atoms. The summed E-state index contributed by atoms with van der Waals surface area (Å²) in [5.74, 6) is 0. The molecule has 0 fully saturated rings. The molecule has 2 aromatic rings. The Morgan fingerprint density at radius 1 is 1.26 bits per heavy atom. The highest BCUT2D eigenvalue weighted by molar-refractivity contribution is 9.10. The molecule has 1 aliphatic carbocycles. The Labute approximate surface area is 126 Å². The van der Waals surface area contributed by atoms with Crippen molar-refractivity contribution in [1.29, 1.82) is 0 Å². The van der Waals surface area contributed by atoms with E-state index in [4.69, 9.17) is 4.98 Å². The van der Waals surface area contributed by atoms with E-state index in [9.17, 15) is 0 Å². The van der Waals surface area contributed by atoms with Gasteiger partial charge in [-0.05, 0) is 44.4 Å². The molecule has 1 aromatic carbocycles. The van der Waals surface area contributed by atoms with Crippen LogP contribution in [-0.4, -0.2) is 12.0 Å². The number of hydrogen-bond acceptors (Lipinski definition) is 3. The van der Waals surface area contributed by atoms with E-state index in [1.54, 1.807) is 0 Å². The van der Waals surface area contributed by atoms with Crippen LogP contribution < -0.4 is 5.32 Å². The van der Waals surface area contributed by atoms with Gasteiger partial charge in [-0.3, -0.25) is 0 Å². The molecule has 0 spiro atoms. The van der Waals surface area contributed by atoms with Gasteiger partial charge in [0.15, 0.2) is 0 Å². The lowest BCUT2D eigenvalue weighted by Crippen LogP contribution is -2.18. The summed E-state index contributed by atoms with van der Waals surface area (Å²) in [7, 11) is 2.00. The number of aromatic nitrogens is 1. The van der Waals surface area contributed by atoms with Crippen molar-refractivity contribution in [3.8, 4) is 0 Å². The Morgan fingerprint density at radius 2 is 2.05 bits per heavy atom. The number of nitrogens with zero attached hydrogens (tertiary/aromatic N) is 1. The van der Waals surface area contributed by atoms with Gasteiger partial charge < -0.3 is 5.32 Å². The third kappa shape index (κ3) is 2.62. The Kier molecular flexibility index (Phi) is 4.01. The zero-order valence-corrected chi connectivity index (χ0v) is 13.4. The number of benzene rings is 1. The van der Waals surface area contributed by atoms with E-state index in [1.807, 2.05) is 24.5 Å². The summed E-state index contributed by atoms with van der Waals surface area (Å²) in [6.07, 6.45) is 4.96. The quantitative estimate of drug-likeness (QED) is 0.912. The van der Waals surface area contributed by atoms with Crippen molar-refractivity contribution in [3.63, 3.8) is 0 Å². The molecule has 4 heteroatoms. The van der Waals surface area contributed by atoms with Gasteiger partial charge in [-0.25, -0.2) is 4.98 Å². The Hall–Kier alpha value is -0.710. The Morgan fingerprint density at radius 3 is 2.79 bits per heavy atom. The van der Waals surface area contributed by atoms with Crippen LogP contribution in [0, 0.1) is 0 Å². The fourth-order valence-corrected chi connectivity index (χ4v) is 4.41. The van der Waals surface area contributed by atoms with E-state index < -0.39 is 0 Å². The van der Waals surface area contributed by atoms with E-state index in [2.05, 4.69) is 39.4 Å². The molecule has 0 saturated carbocycles. The lowest BCUT2D eigenvalue weighted by Gasteiger charge is -2.15. The van der Waals surface area contributed by atoms with Gasteiger partial charge in [0.25, 0.3) is 0 Å². The Bertz CT molecular complexity index is 556. The van der Waals surface area contributed by atoms with E-state index in [1.165, 1.54) is 40.4 Å². The van der Waals surface area contributed by atoms with Gasteiger partial charge in [0.2, 0.25) is 0 Å². The predicted octanol–water partition coefficient (Wildman–Crippen LogP) is 4.09. The maximum Gasteiger partial charge on any atom is 0.115 e. The topological polar surface area (TPSA) is 24.9 Å². The van der Waals surface area contributed by atoms with Crippen LogP contribution in [-0.2, 0) is 12.8 Å². The maximum absolute atomic E-state index is 4.87.